The summed E-state index contributed by atoms with van der Waals surface area (Å²) in [7, 11) is 0. The Labute approximate surface area is 168 Å². The number of aliphatic hydroxyl groups excluding tert-OH is 1. The van der Waals surface area contributed by atoms with Gasteiger partial charge in [0.2, 0.25) is 0 Å². The second kappa shape index (κ2) is 13.1. The summed E-state index contributed by atoms with van der Waals surface area (Å²) in [6.45, 7) is 1.91. The first-order valence-corrected chi connectivity index (χ1v) is 10.2. The lowest BCUT2D eigenvalue weighted by atomic mass is 10.1. The monoisotopic (exact) mass is 384 g/mol. The van der Waals surface area contributed by atoms with Crippen LogP contribution in [0.5, 0.6) is 0 Å². The molecular formula is C24H32O4. The zero-order chi connectivity index (χ0) is 20.0. The standard InChI is InChI=1S/C24H32O4/c1-20-13-7-3-2-4-8-14-21(25)19-23-17-11-5-9-15-22(28-23)16-10-6-12-18-24(26)27-20/h2,4-6,8-12,14-15,18,20-23,25H,3,7,13,16-17,19H2,1H3/b4-2+,10-6+,11-5-,14-8+,15-9+,18-12-/t20-,21-,22+,23-/m0/s1. The topological polar surface area (TPSA) is 55.8 Å². The van der Waals surface area contributed by atoms with Gasteiger partial charge >= 0.3 is 5.97 Å². The van der Waals surface area contributed by atoms with Gasteiger partial charge < -0.3 is 14.6 Å². The third kappa shape index (κ3) is 9.67. The largest absolute Gasteiger partial charge is 0.460 e. The first-order chi connectivity index (χ1) is 13.6. The van der Waals surface area contributed by atoms with Gasteiger partial charge in [-0.2, -0.15) is 0 Å². The third-order valence-electron chi connectivity index (χ3n) is 4.57. The Morgan fingerprint density at radius 3 is 2.61 bits per heavy atom. The van der Waals surface area contributed by atoms with Crippen LogP contribution in [0.3, 0.4) is 0 Å². The molecule has 2 bridgehead atoms. The van der Waals surface area contributed by atoms with Crippen LogP contribution in [-0.4, -0.2) is 35.5 Å². The molecule has 4 heteroatoms. The fourth-order valence-corrected chi connectivity index (χ4v) is 3.09. The first kappa shape index (κ1) is 22.1. The van der Waals surface area contributed by atoms with E-state index < -0.39 is 6.10 Å². The highest BCUT2D eigenvalue weighted by atomic mass is 16.5. The second-order valence-electron chi connectivity index (χ2n) is 7.16. The molecule has 152 valence electrons. The Balaban J connectivity index is 2.04. The van der Waals surface area contributed by atoms with Crippen molar-refractivity contribution in [3.8, 4) is 0 Å². The van der Waals surface area contributed by atoms with Gasteiger partial charge in [-0.25, -0.2) is 4.79 Å². The van der Waals surface area contributed by atoms with Gasteiger partial charge in [0.1, 0.15) is 0 Å². The lowest BCUT2D eigenvalue weighted by molar-refractivity contribution is -0.142. The Hall–Kier alpha value is -2.17. The molecule has 0 fully saturated rings. The average molecular weight is 385 g/mol. The zero-order valence-corrected chi connectivity index (χ0v) is 16.7. The van der Waals surface area contributed by atoms with Crippen LogP contribution in [0.4, 0.5) is 0 Å². The molecule has 2 heterocycles. The number of aliphatic hydroxyl groups is 1. The minimum Gasteiger partial charge on any atom is -0.460 e. The van der Waals surface area contributed by atoms with E-state index in [1.807, 2.05) is 49.5 Å². The molecule has 0 aromatic rings. The third-order valence-corrected chi connectivity index (χ3v) is 4.57. The number of cyclic esters (lactones) is 1. The maximum Gasteiger partial charge on any atom is 0.331 e. The molecule has 0 aromatic carbocycles. The number of fused-ring (bicyclic) bond motifs is 2. The van der Waals surface area contributed by atoms with E-state index in [9.17, 15) is 9.90 Å². The Bertz CT molecular complexity index is 639. The lowest BCUT2D eigenvalue weighted by Crippen LogP contribution is -2.25. The first-order valence-electron chi connectivity index (χ1n) is 10.2. The molecule has 4 atom stereocenters. The van der Waals surface area contributed by atoms with Crippen molar-refractivity contribution in [3.63, 3.8) is 0 Å². The highest BCUT2D eigenvalue weighted by Gasteiger charge is 2.17. The normalized spacial score (nSPS) is 37.3. The molecule has 0 unspecified atom stereocenters. The minimum absolute atomic E-state index is 0.0409. The lowest BCUT2D eigenvalue weighted by Gasteiger charge is -2.24. The number of allylic oxidation sites excluding steroid dienone is 7. The number of ether oxygens (including phenoxy) is 2. The van der Waals surface area contributed by atoms with Crippen molar-refractivity contribution >= 4 is 5.97 Å². The van der Waals surface area contributed by atoms with Crippen molar-refractivity contribution in [1.29, 1.82) is 0 Å². The number of carbonyl (C=O) groups excluding carboxylic acids is 1. The van der Waals surface area contributed by atoms with Gasteiger partial charge in [0.15, 0.2) is 0 Å². The number of hydrogen-bond donors (Lipinski definition) is 1. The van der Waals surface area contributed by atoms with Crippen molar-refractivity contribution in [2.24, 2.45) is 0 Å². The maximum absolute atomic E-state index is 11.8. The van der Waals surface area contributed by atoms with Crippen LogP contribution in [0.15, 0.2) is 72.9 Å². The number of carbonyl (C=O) groups is 1. The summed E-state index contributed by atoms with van der Waals surface area (Å²) >= 11 is 0. The van der Waals surface area contributed by atoms with E-state index in [2.05, 4.69) is 12.2 Å². The van der Waals surface area contributed by atoms with Crippen LogP contribution in [0.1, 0.15) is 45.4 Å². The summed E-state index contributed by atoms with van der Waals surface area (Å²) in [4.78, 5) is 11.8. The zero-order valence-electron chi connectivity index (χ0n) is 16.7. The van der Waals surface area contributed by atoms with Crippen molar-refractivity contribution in [1.82, 2.24) is 0 Å². The van der Waals surface area contributed by atoms with Crippen molar-refractivity contribution in [2.75, 3.05) is 0 Å². The molecule has 0 aliphatic carbocycles. The summed E-state index contributed by atoms with van der Waals surface area (Å²) in [5.74, 6) is -0.314. The van der Waals surface area contributed by atoms with Crippen LogP contribution in [-0.2, 0) is 14.3 Å². The van der Waals surface area contributed by atoms with Gasteiger partial charge in [-0.05, 0) is 39.0 Å². The van der Waals surface area contributed by atoms with Gasteiger partial charge in [0, 0.05) is 12.5 Å². The van der Waals surface area contributed by atoms with E-state index in [0.29, 0.717) is 12.8 Å². The van der Waals surface area contributed by atoms with Gasteiger partial charge in [-0.1, -0.05) is 66.8 Å². The van der Waals surface area contributed by atoms with Crippen molar-refractivity contribution in [3.05, 3.63) is 72.9 Å². The Morgan fingerprint density at radius 2 is 1.71 bits per heavy atom. The molecule has 0 saturated heterocycles. The predicted octanol–water partition coefficient (Wildman–Crippen LogP) is 4.74. The highest BCUT2D eigenvalue weighted by molar-refractivity contribution is 5.82. The van der Waals surface area contributed by atoms with Crippen LogP contribution < -0.4 is 0 Å². The molecular weight excluding hydrogens is 352 g/mol. The van der Waals surface area contributed by atoms with Gasteiger partial charge in [0.05, 0.1) is 24.4 Å². The molecule has 2 rings (SSSR count). The molecule has 0 amide bonds. The van der Waals surface area contributed by atoms with Gasteiger partial charge in [0.25, 0.3) is 0 Å². The molecule has 0 radical (unpaired) electrons. The Kier molecular flexibility index (Phi) is 10.3. The van der Waals surface area contributed by atoms with E-state index in [0.717, 1.165) is 25.7 Å². The molecule has 0 aromatic heterocycles. The van der Waals surface area contributed by atoms with Crippen molar-refractivity contribution in [2.45, 2.75) is 69.9 Å². The van der Waals surface area contributed by atoms with Crippen LogP contribution >= 0.6 is 0 Å². The maximum atomic E-state index is 11.8. The SMILES string of the molecule is C[C@H]1CCC/C=C/C=C/[C@H](O)C[C@@H]2C/C=C\C=C\[C@H](C/C=C/C=C\C(=O)O1)O2. The van der Waals surface area contributed by atoms with E-state index in [1.165, 1.54) is 6.08 Å². The van der Waals surface area contributed by atoms with Crippen LogP contribution in [0.25, 0.3) is 0 Å². The number of rotatable bonds is 0. The molecule has 2 aliphatic heterocycles. The summed E-state index contributed by atoms with van der Waals surface area (Å²) < 4.78 is 11.5. The molecule has 0 spiro atoms. The van der Waals surface area contributed by atoms with E-state index in [4.69, 9.17) is 9.47 Å². The molecule has 28 heavy (non-hydrogen) atoms. The van der Waals surface area contributed by atoms with E-state index in [-0.39, 0.29) is 24.3 Å². The average Bonchev–Trinajstić information content (AvgIpc) is 2.63. The van der Waals surface area contributed by atoms with Gasteiger partial charge in [-0.3, -0.25) is 0 Å². The van der Waals surface area contributed by atoms with Gasteiger partial charge in [-0.15, -0.1) is 0 Å². The molecule has 0 saturated carbocycles. The fourth-order valence-electron chi connectivity index (χ4n) is 3.09. The molecule has 1 N–H and O–H groups in total. The number of hydrogen-bond acceptors (Lipinski definition) is 4. The summed E-state index contributed by atoms with van der Waals surface area (Å²) in [6.07, 6.45) is 26.8. The number of esters is 1. The quantitative estimate of drug-likeness (QED) is 0.613. The summed E-state index contributed by atoms with van der Waals surface area (Å²) in [6, 6.07) is 0. The summed E-state index contributed by atoms with van der Waals surface area (Å²) in [5.41, 5.74) is 0. The minimum atomic E-state index is -0.532. The molecule has 2 aliphatic rings. The highest BCUT2D eigenvalue weighted by Crippen LogP contribution is 2.17. The fraction of sp³-hybridized carbons (Fsp3) is 0.458. The van der Waals surface area contributed by atoms with Crippen LogP contribution in [0, 0.1) is 0 Å². The molecule has 4 nitrogen and oxygen atoms in total. The van der Waals surface area contributed by atoms with E-state index in [1.54, 1.807) is 12.2 Å². The van der Waals surface area contributed by atoms with E-state index >= 15 is 0 Å². The van der Waals surface area contributed by atoms with Crippen LogP contribution in [0.2, 0.25) is 0 Å². The smallest absolute Gasteiger partial charge is 0.331 e. The summed E-state index contributed by atoms with van der Waals surface area (Å²) in [5, 5.41) is 10.3. The second-order valence-corrected chi connectivity index (χ2v) is 7.16. The Morgan fingerprint density at radius 1 is 0.964 bits per heavy atom. The predicted molar refractivity (Wildman–Crippen MR) is 113 cm³/mol. The van der Waals surface area contributed by atoms with Crippen molar-refractivity contribution < 1.29 is 19.4 Å².